The maximum Gasteiger partial charge on any atom is 0.140 e. The van der Waals surface area contributed by atoms with Crippen LogP contribution in [-0.4, -0.2) is 9.97 Å². The third kappa shape index (κ3) is 3.25. The van der Waals surface area contributed by atoms with Crippen LogP contribution in [-0.2, 0) is 5.75 Å². The average Bonchev–Trinajstić information content (AvgIpc) is 3.21. The summed E-state index contributed by atoms with van der Waals surface area (Å²) < 4.78 is 13.5. The van der Waals surface area contributed by atoms with Crippen molar-refractivity contribution in [1.29, 1.82) is 0 Å². The monoisotopic (exact) mass is 294 g/mol. The summed E-state index contributed by atoms with van der Waals surface area (Å²) in [6.07, 6.45) is 2.35. The molecule has 0 spiro atoms. The number of hydrogen-bond acceptors (Lipinski definition) is 3. The first-order valence-electron chi connectivity index (χ1n) is 6.13. The van der Waals surface area contributed by atoms with Gasteiger partial charge in [0.2, 0.25) is 0 Å². The summed E-state index contributed by atoms with van der Waals surface area (Å²) in [5.41, 5.74) is 1.02. The lowest BCUT2D eigenvalue weighted by Crippen LogP contribution is -1.97. The van der Waals surface area contributed by atoms with E-state index in [2.05, 4.69) is 9.97 Å². The number of thioether (sulfide) groups is 1. The van der Waals surface area contributed by atoms with Crippen molar-refractivity contribution in [2.24, 2.45) is 0 Å². The molecule has 0 amide bonds. The van der Waals surface area contributed by atoms with Gasteiger partial charge in [-0.2, -0.15) is 0 Å². The number of rotatable bonds is 4. The van der Waals surface area contributed by atoms with Crippen LogP contribution >= 0.6 is 23.4 Å². The summed E-state index contributed by atoms with van der Waals surface area (Å²) >= 11 is 7.39. The van der Waals surface area contributed by atoms with Crippen LogP contribution < -0.4 is 0 Å². The summed E-state index contributed by atoms with van der Waals surface area (Å²) in [7, 11) is 0. The molecule has 1 aromatic carbocycles. The average molecular weight is 295 g/mol. The third-order valence-corrected chi connectivity index (χ3v) is 4.19. The number of aromatic nitrogens is 2. The van der Waals surface area contributed by atoms with Gasteiger partial charge in [-0.05, 0) is 31.0 Å². The van der Waals surface area contributed by atoms with Crippen LogP contribution in [0.4, 0.5) is 4.39 Å². The summed E-state index contributed by atoms with van der Waals surface area (Å²) in [4.78, 5) is 9.31. The molecular weight excluding hydrogens is 283 g/mol. The Kier molecular flexibility index (Phi) is 3.71. The van der Waals surface area contributed by atoms with E-state index in [0.29, 0.717) is 27.5 Å². The van der Waals surface area contributed by atoms with E-state index in [1.165, 1.54) is 30.7 Å². The quantitative estimate of drug-likeness (QED) is 0.616. The largest absolute Gasteiger partial charge is 0.237 e. The highest BCUT2D eigenvalue weighted by atomic mass is 35.5. The second-order valence-electron chi connectivity index (χ2n) is 4.53. The zero-order valence-corrected chi connectivity index (χ0v) is 11.7. The maximum absolute atomic E-state index is 13.5. The topological polar surface area (TPSA) is 25.8 Å². The van der Waals surface area contributed by atoms with E-state index in [4.69, 9.17) is 11.6 Å². The molecule has 3 rings (SSSR count). The van der Waals surface area contributed by atoms with Gasteiger partial charge in [-0.25, -0.2) is 14.4 Å². The van der Waals surface area contributed by atoms with Crippen LogP contribution in [0.1, 0.15) is 30.3 Å². The number of hydrogen-bond donors (Lipinski definition) is 0. The van der Waals surface area contributed by atoms with Crippen molar-refractivity contribution < 1.29 is 4.39 Å². The minimum absolute atomic E-state index is 0.211. The first kappa shape index (κ1) is 12.9. The predicted molar refractivity (Wildman–Crippen MR) is 75.0 cm³/mol. The number of nitrogens with zero attached hydrogens (tertiary/aromatic N) is 2. The van der Waals surface area contributed by atoms with Gasteiger partial charge in [0, 0.05) is 16.5 Å². The molecule has 98 valence electrons. The molecule has 1 saturated carbocycles. The Bertz CT molecular complexity index is 602. The molecule has 0 bridgehead atoms. The Balaban J connectivity index is 1.74. The van der Waals surface area contributed by atoms with Crippen LogP contribution in [0.5, 0.6) is 0 Å². The molecule has 1 aromatic heterocycles. The van der Waals surface area contributed by atoms with Crippen molar-refractivity contribution >= 4 is 23.4 Å². The van der Waals surface area contributed by atoms with E-state index in [-0.39, 0.29) is 5.82 Å². The highest BCUT2D eigenvalue weighted by Gasteiger charge is 2.25. The van der Waals surface area contributed by atoms with E-state index in [1.54, 1.807) is 12.1 Å². The van der Waals surface area contributed by atoms with Crippen molar-refractivity contribution in [1.82, 2.24) is 9.97 Å². The van der Waals surface area contributed by atoms with E-state index in [1.807, 2.05) is 12.1 Å². The molecule has 0 unspecified atom stereocenters. The van der Waals surface area contributed by atoms with Crippen LogP contribution in [0.2, 0.25) is 5.15 Å². The highest BCUT2D eigenvalue weighted by Crippen LogP contribution is 2.39. The minimum atomic E-state index is -0.211. The van der Waals surface area contributed by atoms with Crippen molar-refractivity contribution in [2.45, 2.75) is 29.4 Å². The molecule has 1 fully saturated rings. The first-order chi connectivity index (χ1) is 9.22. The Morgan fingerprint density at radius 1 is 1.26 bits per heavy atom. The molecule has 19 heavy (non-hydrogen) atoms. The minimum Gasteiger partial charge on any atom is -0.237 e. The summed E-state index contributed by atoms with van der Waals surface area (Å²) in [6, 6.07) is 8.54. The van der Waals surface area contributed by atoms with Gasteiger partial charge in [0.25, 0.3) is 0 Å². The van der Waals surface area contributed by atoms with Crippen LogP contribution in [0.15, 0.2) is 35.2 Å². The van der Waals surface area contributed by atoms with Crippen molar-refractivity contribution in [3.05, 3.63) is 52.8 Å². The molecule has 1 aliphatic carbocycles. The number of benzene rings is 1. The predicted octanol–water partition coefficient (Wildman–Crippen LogP) is 4.44. The van der Waals surface area contributed by atoms with Gasteiger partial charge in [-0.15, -0.1) is 11.8 Å². The van der Waals surface area contributed by atoms with Gasteiger partial charge >= 0.3 is 0 Å². The molecule has 0 radical (unpaired) electrons. The van der Waals surface area contributed by atoms with E-state index in [0.717, 1.165) is 5.69 Å². The fourth-order valence-electron chi connectivity index (χ4n) is 1.84. The van der Waals surface area contributed by atoms with E-state index in [9.17, 15) is 4.39 Å². The van der Waals surface area contributed by atoms with Gasteiger partial charge in [-0.3, -0.25) is 0 Å². The van der Waals surface area contributed by atoms with Gasteiger partial charge < -0.3 is 0 Å². The van der Waals surface area contributed by atoms with Crippen LogP contribution in [0.25, 0.3) is 0 Å². The Hall–Kier alpha value is -1.13. The normalized spacial score (nSPS) is 14.6. The molecular formula is C14H12ClFN2S. The zero-order valence-electron chi connectivity index (χ0n) is 10.1. The molecule has 2 nitrogen and oxygen atoms in total. The second-order valence-corrected chi connectivity index (χ2v) is 5.93. The van der Waals surface area contributed by atoms with E-state index >= 15 is 0 Å². The van der Waals surface area contributed by atoms with Crippen LogP contribution in [0.3, 0.4) is 0 Å². The lowest BCUT2D eigenvalue weighted by atomic mass is 10.3. The third-order valence-electron chi connectivity index (χ3n) is 2.95. The fraction of sp³-hybridized carbons (Fsp3) is 0.286. The van der Waals surface area contributed by atoms with Crippen LogP contribution in [0, 0.1) is 5.82 Å². The smallest absolute Gasteiger partial charge is 0.140 e. The molecule has 5 heteroatoms. The lowest BCUT2D eigenvalue weighted by Gasteiger charge is -2.05. The second kappa shape index (κ2) is 5.47. The molecule has 1 aliphatic rings. The first-order valence-corrected chi connectivity index (χ1v) is 7.49. The SMILES string of the molecule is Fc1ccccc1SCc1nc(Cl)cc(C2CC2)n1. The Labute approximate surface area is 120 Å². The maximum atomic E-state index is 13.5. The van der Waals surface area contributed by atoms with Gasteiger partial charge in [0.15, 0.2) is 0 Å². The molecule has 0 saturated heterocycles. The molecule has 1 heterocycles. The summed E-state index contributed by atoms with van der Waals surface area (Å²) in [6.45, 7) is 0. The molecule has 2 aromatic rings. The summed E-state index contributed by atoms with van der Waals surface area (Å²) in [5, 5.41) is 0.473. The summed E-state index contributed by atoms with van der Waals surface area (Å²) in [5.74, 6) is 1.53. The fourth-order valence-corrected chi connectivity index (χ4v) is 2.84. The Morgan fingerprint density at radius 3 is 2.79 bits per heavy atom. The zero-order chi connectivity index (χ0) is 13.2. The van der Waals surface area contributed by atoms with Gasteiger partial charge in [0.05, 0.1) is 5.75 Å². The van der Waals surface area contributed by atoms with Crippen molar-refractivity contribution in [3.63, 3.8) is 0 Å². The van der Waals surface area contributed by atoms with Crippen molar-refractivity contribution in [3.8, 4) is 0 Å². The Morgan fingerprint density at radius 2 is 2.05 bits per heavy atom. The molecule has 0 aliphatic heterocycles. The van der Waals surface area contributed by atoms with Gasteiger partial charge in [-0.1, -0.05) is 23.7 Å². The molecule has 0 atom stereocenters. The molecule has 0 N–H and O–H groups in total. The van der Waals surface area contributed by atoms with Crippen molar-refractivity contribution in [2.75, 3.05) is 0 Å². The standard InChI is InChI=1S/C14H12ClFN2S/c15-13-7-11(9-5-6-9)17-14(18-13)8-19-12-4-2-1-3-10(12)16/h1-4,7,9H,5-6,8H2. The highest BCUT2D eigenvalue weighted by molar-refractivity contribution is 7.98. The number of halogens is 2. The van der Waals surface area contributed by atoms with Gasteiger partial charge in [0.1, 0.15) is 16.8 Å². The van der Waals surface area contributed by atoms with E-state index < -0.39 is 0 Å². The lowest BCUT2D eigenvalue weighted by molar-refractivity contribution is 0.602.